The highest BCUT2D eigenvalue weighted by molar-refractivity contribution is 6.05. The monoisotopic (exact) mass is 396 g/mol. The predicted molar refractivity (Wildman–Crippen MR) is 114 cm³/mol. The van der Waals surface area contributed by atoms with Crippen molar-refractivity contribution in [3.63, 3.8) is 0 Å². The maximum atomic E-state index is 12.7. The highest BCUT2D eigenvalue weighted by Crippen LogP contribution is 2.27. The molecule has 0 aliphatic carbocycles. The minimum atomic E-state index is -0.379. The lowest BCUT2D eigenvalue weighted by Gasteiger charge is -2.30. The van der Waals surface area contributed by atoms with Crippen LogP contribution in [-0.4, -0.2) is 44.8 Å². The van der Waals surface area contributed by atoms with Crippen LogP contribution in [0.4, 0.5) is 11.4 Å². The van der Waals surface area contributed by atoms with Crippen molar-refractivity contribution in [2.45, 2.75) is 27.2 Å². The molecule has 1 saturated heterocycles. The molecule has 6 heteroatoms. The van der Waals surface area contributed by atoms with Gasteiger partial charge in [-0.15, -0.1) is 0 Å². The zero-order valence-corrected chi connectivity index (χ0v) is 17.3. The van der Waals surface area contributed by atoms with Gasteiger partial charge in [-0.25, -0.2) is 4.79 Å². The smallest absolute Gasteiger partial charge is 0.340 e. The second kappa shape index (κ2) is 9.56. The minimum absolute atomic E-state index is 0.208. The molecule has 0 atom stereocenters. The van der Waals surface area contributed by atoms with E-state index in [1.54, 1.807) is 12.1 Å². The van der Waals surface area contributed by atoms with Crippen LogP contribution in [0.2, 0.25) is 0 Å². The summed E-state index contributed by atoms with van der Waals surface area (Å²) in [4.78, 5) is 27.4. The van der Waals surface area contributed by atoms with E-state index in [2.05, 4.69) is 10.2 Å². The van der Waals surface area contributed by atoms with Gasteiger partial charge in [0.05, 0.1) is 31.1 Å². The molecular formula is C23H28N2O4. The van der Waals surface area contributed by atoms with Crippen molar-refractivity contribution in [2.24, 2.45) is 0 Å². The Kier molecular flexibility index (Phi) is 6.88. The average Bonchev–Trinajstić information content (AvgIpc) is 2.74. The van der Waals surface area contributed by atoms with E-state index in [9.17, 15) is 9.59 Å². The Labute approximate surface area is 171 Å². The lowest BCUT2D eigenvalue weighted by molar-refractivity contribution is 0.0504. The van der Waals surface area contributed by atoms with E-state index in [0.717, 1.165) is 23.2 Å². The van der Waals surface area contributed by atoms with Gasteiger partial charge in [-0.3, -0.25) is 4.79 Å². The van der Waals surface area contributed by atoms with Crippen molar-refractivity contribution in [1.82, 2.24) is 0 Å². The van der Waals surface area contributed by atoms with E-state index < -0.39 is 0 Å². The number of nitrogens with zero attached hydrogens (tertiary/aromatic N) is 1. The standard InChI is InChI=1S/C23H28N2O4/c1-4-11-29-23(27)20-15-19(7-8-21(20)25-9-12-28-13-10-25)24-22(26)18-6-5-16(2)17(3)14-18/h5-8,14-15H,4,9-13H2,1-3H3,(H,24,26). The zero-order chi connectivity index (χ0) is 20.8. The highest BCUT2D eigenvalue weighted by Gasteiger charge is 2.21. The first-order valence-corrected chi connectivity index (χ1v) is 10.0. The summed E-state index contributed by atoms with van der Waals surface area (Å²) in [5.41, 5.74) is 4.60. The van der Waals surface area contributed by atoms with Gasteiger partial charge in [-0.2, -0.15) is 0 Å². The van der Waals surface area contributed by atoms with Crippen molar-refractivity contribution in [3.05, 3.63) is 58.7 Å². The second-order valence-corrected chi connectivity index (χ2v) is 7.22. The van der Waals surface area contributed by atoms with Gasteiger partial charge in [-0.1, -0.05) is 13.0 Å². The first kappa shape index (κ1) is 20.9. The van der Waals surface area contributed by atoms with Crippen LogP contribution in [-0.2, 0) is 9.47 Å². The number of benzene rings is 2. The number of hydrogen-bond donors (Lipinski definition) is 1. The number of nitrogens with one attached hydrogen (secondary N) is 1. The number of esters is 1. The van der Waals surface area contributed by atoms with Gasteiger partial charge < -0.3 is 19.7 Å². The van der Waals surface area contributed by atoms with E-state index in [0.29, 0.717) is 49.7 Å². The molecule has 0 radical (unpaired) electrons. The third-order valence-electron chi connectivity index (χ3n) is 5.03. The molecule has 0 spiro atoms. The number of morpholine rings is 1. The Morgan fingerprint density at radius 1 is 1.07 bits per heavy atom. The Hall–Kier alpha value is -2.86. The molecule has 0 unspecified atom stereocenters. The second-order valence-electron chi connectivity index (χ2n) is 7.22. The van der Waals surface area contributed by atoms with Crippen LogP contribution in [0.5, 0.6) is 0 Å². The third kappa shape index (κ3) is 5.15. The topological polar surface area (TPSA) is 67.9 Å². The van der Waals surface area contributed by atoms with E-state index in [1.165, 1.54) is 0 Å². The Bertz CT molecular complexity index is 888. The molecule has 2 aromatic carbocycles. The highest BCUT2D eigenvalue weighted by atomic mass is 16.5. The molecule has 1 amide bonds. The summed E-state index contributed by atoms with van der Waals surface area (Å²) >= 11 is 0. The van der Waals surface area contributed by atoms with Crippen LogP contribution in [0, 0.1) is 13.8 Å². The first-order chi connectivity index (χ1) is 14.0. The maximum Gasteiger partial charge on any atom is 0.340 e. The SMILES string of the molecule is CCCOC(=O)c1cc(NC(=O)c2ccc(C)c(C)c2)ccc1N1CCOCC1. The van der Waals surface area contributed by atoms with Gasteiger partial charge in [0.2, 0.25) is 0 Å². The fraction of sp³-hybridized carbons (Fsp3) is 0.391. The van der Waals surface area contributed by atoms with Gasteiger partial charge in [0.15, 0.2) is 0 Å². The van der Waals surface area contributed by atoms with Crippen LogP contribution < -0.4 is 10.2 Å². The van der Waals surface area contributed by atoms with Gasteiger partial charge in [-0.05, 0) is 61.7 Å². The van der Waals surface area contributed by atoms with Gasteiger partial charge in [0.25, 0.3) is 5.91 Å². The van der Waals surface area contributed by atoms with Crippen LogP contribution >= 0.6 is 0 Å². The third-order valence-corrected chi connectivity index (χ3v) is 5.03. The Morgan fingerprint density at radius 3 is 2.52 bits per heavy atom. The van der Waals surface area contributed by atoms with Crippen molar-refractivity contribution < 1.29 is 19.1 Å². The number of carbonyl (C=O) groups is 2. The molecule has 0 saturated carbocycles. The molecule has 1 aliphatic rings. The fourth-order valence-corrected chi connectivity index (χ4v) is 3.22. The number of ether oxygens (including phenoxy) is 2. The molecule has 6 nitrogen and oxygen atoms in total. The van der Waals surface area contributed by atoms with Crippen LogP contribution in [0.15, 0.2) is 36.4 Å². The van der Waals surface area contributed by atoms with Gasteiger partial charge in [0, 0.05) is 24.3 Å². The lowest BCUT2D eigenvalue weighted by Crippen LogP contribution is -2.37. The molecule has 2 aromatic rings. The number of rotatable bonds is 6. The Morgan fingerprint density at radius 2 is 1.83 bits per heavy atom. The maximum absolute atomic E-state index is 12.7. The van der Waals surface area contributed by atoms with Crippen LogP contribution in [0.25, 0.3) is 0 Å². The molecule has 29 heavy (non-hydrogen) atoms. The van der Waals surface area contributed by atoms with Crippen molar-refractivity contribution in [3.8, 4) is 0 Å². The largest absolute Gasteiger partial charge is 0.462 e. The summed E-state index contributed by atoms with van der Waals surface area (Å²) in [6.07, 6.45) is 0.752. The normalized spacial score (nSPS) is 13.8. The molecule has 0 aromatic heterocycles. The van der Waals surface area contributed by atoms with Gasteiger partial charge in [0.1, 0.15) is 0 Å². The van der Waals surface area contributed by atoms with E-state index in [4.69, 9.17) is 9.47 Å². The molecule has 1 heterocycles. The average molecular weight is 396 g/mol. The molecule has 3 rings (SSSR count). The number of aryl methyl sites for hydroxylation is 2. The minimum Gasteiger partial charge on any atom is -0.462 e. The zero-order valence-electron chi connectivity index (χ0n) is 17.3. The van der Waals surface area contributed by atoms with Crippen molar-refractivity contribution >= 4 is 23.3 Å². The number of hydrogen-bond acceptors (Lipinski definition) is 5. The van der Waals surface area contributed by atoms with Gasteiger partial charge >= 0.3 is 5.97 Å². The summed E-state index contributed by atoms with van der Waals surface area (Å²) in [6.45, 7) is 8.96. The number of amides is 1. The molecule has 0 bridgehead atoms. The van der Waals surface area contributed by atoms with E-state index in [-0.39, 0.29) is 11.9 Å². The molecule has 1 N–H and O–H groups in total. The Balaban J connectivity index is 1.85. The molecular weight excluding hydrogens is 368 g/mol. The van der Waals surface area contributed by atoms with E-state index >= 15 is 0 Å². The summed E-state index contributed by atoms with van der Waals surface area (Å²) in [7, 11) is 0. The molecule has 1 fully saturated rings. The summed E-state index contributed by atoms with van der Waals surface area (Å²) in [5.74, 6) is -0.587. The molecule has 154 valence electrons. The lowest BCUT2D eigenvalue weighted by atomic mass is 10.1. The van der Waals surface area contributed by atoms with E-state index in [1.807, 2.05) is 45.0 Å². The fourth-order valence-electron chi connectivity index (χ4n) is 3.22. The quantitative estimate of drug-likeness (QED) is 0.749. The predicted octanol–water partition coefficient (Wildman–Crippen LogP) is 3.96. The van der Waals surface area contributed by atoms with Crippen LogP contribution in [0.3, 0.4) is 0 Å². The molecule has 1 aliphatic heterocycles. The van der Waals surface area contributed by atoms with Crippen molar-refractivity contribution in [1.29, 1.82) is 0 Å². The summed E-state index contributed by atoms with van der Waals surface area (Å²) in [5, 5.41) is 2.90. The van der Waals surface area contributed by atoms with Crippen molar-refractivity contribution in [2.75, 3.05) is 43.1 Å². The van der Waals surface area contributed by atoms with Crippen LogP contribution in [0.1, 0.15) is 45.2 Å². The summed E-state index contributed by atoms with van der Waals surface area (Å²) < 4.78 is 10.8. The first-order valence-electron chi connectivity index (χ1n) is 10.0. The summed E-state index contributed by atoms with van der Waals surface area (Å²) in [6, 6.07) is 11.0. The number of anilines is 2. The number of carbonyl (C=O) groups excluding carboxylic acids is 2.